The number of hydrogen-bond donors (Lipinski definition) is 2. The van der Waals surface area contributed by atoms with E-state index in [1.165, 1.54) is 0 Å². The third kappa shape index (κ3) is 2.53. The highest BCUT2D eigenvalue weighted by molar-refractivity contribution is 7.16. The molecule has 11 heteroatoms. The van der Waals surface area contributed by atoms with Crippen molar-refractivity contribution in [3.05, 3.63) is 36.2 Å². The van der Waals surface area contributed by atoms with E-state index in [9.17, 15) is 18.3 Å². The summed E-state index contributed by atoms with van der Waals surface area (Å²) < 4.78 is 50.5. The summed E-state index contributed by atoms with van der Waals surface area (Å²) in [7, 11) is 0. The molecule has 3 aromatic rings. The Morgan fingerprint density at radius 1 is 1.19 bits per heavy atom. The van der Waals surface area contributed by atoms with Crippen LogP contribution in [0.4, 0.5) is 13.2 Å². The van der Waals surface area contributed by atoms with Gasteiger partial charge in [-0.15, -0.1) is 5.10 Å². The molecule has 3 fully saturated rings. The molecule has 0 radical (unpaired) electrons. The number of alkyl halides is 3. The fourth-order valence-electron chi connectivity index (χ4n) is 4.89. The monoisotopic (exact) mass is 449 g/mol. The third-order valence-corrected chi connectivity index (χ3v) is 7.38. The molecule has 1 aromatic carbocycles. The number of aromatic nitrogens is 4. The average molecular weight is 449 g/mol. The molecule has 7 nitrogen and oxygen atoms in total. The number of hydrogen-bond acceptors (Lipinski definition) is 7. The fourth-order valence-corrected chi connectivity index (χ4v) is 5.68. The summed E-state index contributed by atoms with van der Waals surface area (Å²) in [6, 6.07) is 5.13. The lowest BCUT2D eigenvalue weighted by atomic mass is 9.97. The number of benzene rings is 1. The highest BCUT2D eigenvalue weighted by Gasteiger charge is 2.92. The molecule has 0 amide bonds. The smallest absolute Gasteiger partial charge is 0.294 e. The number of nitrogens with one attached hydrogen (secondary N) is 1. The fraction of sp³-hybridized carbons (Fsp3) is 0.450. The Balaban J connectivity index is 1.18. The Kier molecular flexibility index (Phi) is 3.81. The van der Waals surface area contributed by atoms with Gasteiger partial charge in [-0.3, -0.25) is 0 Å². The van der Waals surface area contributed by atoms with E-state index in [4.69, 9.17) is 4.74 Å². The van der Waals surface area contributed by atoms with Gasteiger partial charge in [-0.25, -0.2) is 17.9 Å². The number of phenolic OH excluding ortho intramolecular Hbond substituents is 1. The second-order valence-corrected chi connectivity index (χ2v) is 9.30. The van der Waals surface area contributed by atoms with Crippen LogP contribution in [0.15, 0.2) is 30.5 Å². The van der Waals surface area contributed by atoms with E-state index >= 15 is 0 Å². The highest BCUT2D eigenvalue weighted by atomic mass is 32.1. The standard InChI is InChI=1S/C20H18F3N5O2S/c1-9-4-5-28(27-9)10-2-3-12(13(29)6-10)16-25-26-18(31-16)30-11-7-14-19(22)17(21)20(19,23)15(8-11)24-14/h2-6,11,14-15,17,24,29H,7-8H2,1H3. The molecule has 0 spiro atoms. The van der Waals surface area contributed by atoms with Crippen LogP contribution in [-0.4, -0.2) is 60.8 Å². The maximum absolute atomic E-state index is 14.6. The van der Waals surface area contributed by atoms with Gasteiger partial charge >= 0.3 is 0 Å². The molecule has 4 atom stereocenters. The predicted octanol–water partition coefficient (Wildman–Crippen LogP) is 3.05. The minimum Gasteiger partial charge on any atom is -0.507 e. The van der Waals surface area contributed by atoms with Crippen LogP contribution in [0.5, 0.6) is 10.9 Å². The third-order valence-electron chi connectivity index (χ3n) is 6.53. The van der Waals surface area contributed by atoms with Gasteiger partial charge in [0.15, 0.2) is 22.5 Å². The summed E-state index contributed by atoms with van der Waals surface area (Å²) in [4.78, 5) is 0. The molecule has 31 heavy (non-hydrogen) atoms. The molecule has 162 valence electrons. The Morgan fingerprint density at radius 2 is 1.94 bits per heavy atom. The summed E-state index contributed by atoms with van der Waals surface area (Å²) in [5, 5.41) is 26.4. The number of nitrogens with zero attached hydrogens (tertiary/aromatic N) is 4. The van der Waals surface area contributed by atoms with Crippen molar-refractivity contribution in [1.82, 2.24) is 25.3 Å². The summed E-state index contributed by atoms with van der Waals surface area (Å²) in [5.74, 6) is 0.0149. The summed E-state index contributed by atoms with van der Waals surface area (Å²) in [5.41, 5.74) is -2.87. The van der Waals surface area contributed by atoms with Gasteiger partial charge in [0.2, 0.25) is 0 Å². The van der Waals surface area contributed by atoms with Crippen LogP contribution in [-0.2, 0) is 0 Å². The first kappa shape index (κ1) is 19.1. The number of aryl methyl sites for hydroxylation is 1. The van der Waals surface area contributed by atoms with Crippen molar-refractivity contribution in [1.29, 1.82) is 0 Å². The molecule has 3 aliphatic rings. The molecule has 2 bridgehead atoms. The van der Waals surface area contributed by atoms with Crippen molar-refractivity contribution < 1.29 is 23.0 Å². The molecule has 2 saturated heterocycles. The van der Waals surface area contributed by atoms with Crippen LogP contribution in [0.2, 0.25) is 0 Å². The molecular formula is C20H18F3N5O2S. The van der Waals surface area contributed by atoms with Gasteiger partial charge in [0, 0.05) is 25.1 Å². The second-order valence-electron chi connectivity index (χ2n) is 8.36. The average Bonchev–Trinajstić information content (AvgIpc) is 3.24. The minimum absolute atomic E-state index is 0.0149. The topological polar surface area (TPSA) is 85.1 Å². The lowest BCUT2D eigenvalue weighted by Crippen LogP contribution is -2.51. The van der Waals surface area contributed by atoms with Gasteiger partial charge < -0.3 is 15.2 Å². The summed E-state index contributed by atoms with van der Waals surface area (Å²) in [6.07, 6.45) is -0.460. The maximum Gasteiger partial charge on any atom is 0.294 e. The van der Waals surface area contributed by atoms with E-state index in [1.807, 2.05) is 13.0 Å². The van der Waals surface area contributed by atoms with Crippen molar-refractivity contribution >= 4 is 11.3 Å². The normalized spacial score (nSPS) is 35.7. The van der Waals surface area contributed by atoms with E-state index in [2.05, 4.69) is 20.6 Å². The zero-order chi connectivity index (χ0) is 21.5. The van der Waals surface area contributed by atoms with Gasteiger partial charge in [0.1, 0.15) is 11.9 Å². The quantitative estimate of drug-likeness (QED) is 0.637. The largest absolute Gasteiger partial charge is 0.507 e. The number of phenols is 1. The second kappa shape index (κ2) is 6.19. The number of ether oxygens (including phenoxy) is 1. The first-order chi connectivity index (χ1) is 14.8. The van der Waals surface area contributed by atoms with Crippen molar-refractivity contribution in [2.75, 3.05) is 0 Å². The Labute approximate surface area is 178 Å². The molecule has 4 unspecified atom stereocenters. The minimum atomic E-state index is -2.46. The Morgan fingerprint density at radius 3 is 2.58 bits per heavy atom. The van der Waals surface area contributed by atoms with Crippen LogP contribution in [0.3, 0.4) is 0 Å². The van der Waals surface area contributed by atoms with Crippen LogP contribution in [0.1, 0.15) is 18.5 Å². The van der Waals surface area contributed by atoms with E-state index in [-0.39, 0.29) is 23.8 Å². The number of aromatic hydroxyl groups is 1. The van der Waals surface area contributed by atoms with Crippen molar-refractivity contribution in [3.8, 4) is 27.2 Å². The number of halogens is 3. The molecule has 1 aliphatic carbocycles. The lowest BCUT2D eigenvalue weighted by Gasteiger charge is -2.32. The first-order valence-electron chi connectivity index (χ1n) is 9.95. The van der Waals surface area contributed by atoms with Gasteiger partial charge in [-0.2, -0.15) is 5.10 Å². The van der Waals surface area contributed by atoms with E-state index < -0.39 is 35.7 Å². The lowest BCUT2D eigenvalue weighted by molar-refractivity contribution is 0.0836. The predicted molar refractivity (Wildman–Crippen MR) is 106 cm³/mol. The highest BCUT2D eigenvalue weighted by Crippen LogP contribution is 2.67. The number of piperidine rings is 2. The zero-order valence-corrected chi connectivity index (χ0v) is 17.1. The SMILES string of the molecule is Cc1ccn(-c2ccc(-c3nnc(OC4CC5NC(C4)C4(F)C(F)C54F)s3)c(O)c2)n1. The van der Waals surface area contributed by atoms with Crippen LogP contribution in [0, 0.1) is 6.92 Å². The molecule has 4 heterocycles. The van der Waals surface area contributed by atoms with Crippen LogP contribution in [0.25, 0.3) is 16.3 Å². The van der Waals surface area contributed by atoms with Gasteiger partial charge in [-0.1, -0.05) is 16.4 Å². The number of fused-ring (bicyclic) bond motifs is 5. The van der Waals surface area contributed by atoms with E-state index in [0.29, 0.717) is 16.3 Å². The summed E-state index contributed by atoms with van der Waals surface area (Å²) in [6.45, 7) is 1.88. The van der Waals surface area contributed by atoms with Crippen LogP contribution >= 0.6 is 11.3 Å². The Hall–Kier alpha value is -2.66. The van der Waals surface area contributed by atoms with Crippen molar-refractivity contribution in [2.24, 2.45) is 0 Å². The van der Waals surface area contributed by atoms with Crippen LogP contribution < -0.4 is 10.1 Å². The van der Waals surface area contributed by atoms with E-state index in [1.54, 1.807) is 29.1 Å². The molecule has 6 rings (SSSR count). The molecular weight excluding hydrogens is 431 g/mol. The Bertz CT molecular complexity index is 1160. The van der Waals surface area contributed by atoms with Gasteiger partial charge in [0.25, 0.3) is 5.19 Å². The van der Waals surface area contributed by atoms with Gasteiger partial charge in [-0.05, 0) is 25.1 Å². The van der Waals surface area contributed by atoms with Crippen molar-refractivity contribution in [2.45, 2.75) is 55.5 Å². The maximum atomic E-state index is 14.6. The molecule has 2 N–H and O–H groups in total. The molecule has 2 aromatic heterocycles. The molecule has 1 saturated carbocycles. The van der Waals surface area contributed by atoms with Gasteiger partial charge in [0.05, 0.1) is 29.0 Å². The zero-order valence-electron chi connectivity index (χ0n) is 16.3. The number of rotatable bonds is 4. The van der Waals surface area contributed by atoms with E-state index in [0.717, 1.165) is 17.0 Å². The summed E-state index contributed by atoms with van der Waals surface area (Å²) >= 11 is 1.12. The molecule has 2 aliphatic heterocycles. The first-order valence-corrected chi connectivity index (χ1v) is 10.8. The van der Waals surface area contributed by atoms with Crippen molar-refractivity contribution in [3.63, 3.8) is 0 Å².